The van der Waals surface area contributed by atoms with Crippen LogP contribution in [0.3, 0.4) is 0 Å². The number of aromatic amines is 1. The lowest BCUT2D eigenvalue weighted by Gasteiger charge is -2.31. The molecule has 1 aliphatic heterocycles. The Balaban J connectivity index is 1.77. The molecule has 0 aliphatic carbocycles. The molecule has 1 fully saturated rings. The van der Waals surface area contributed by atoms with E-state index in [9.17, 15) is 0 Å². The Labute approximate surface area is 112 Å². The topological polar surface area (TPSA) is 22.3 Å². The van der Waals surface area contributed by atoms with Gasteiger partial charge in [-0.3, -0.25) is 4.90 Å². The second-order valence-electron chi connectivity index (χ2n) is 5.08. The van der Waals surface area contributed by atoms with Crippen molar-refractivity contribution in [1.82, 2.24) is 14.8 Å². The van der Waals surface area contributed by atoms with Crippen LogP contribution in [0.15, 0.2) is 24.3 Å². The lowest BCUT2D eigenvalue weighted by Crippen LogP contribution is -2.43. The first-order chi connectivity index (χ1) is 8.72. The summed E-state index contributed by atoms with van der Waals surface area (Å²) in [5, 5.41) is 2.00. The van der Waals surface area contributed by atoms with Crippen molar-refractivity contribution in [3.05, 3.63) is 35.0 Å². The minimum atomic E-state index is 0.803. The van der Waals surface area contributed by atoms with Crippen LogP contribution < -0.4 is 0 Å². The standard InChI is InChI=1S/C14H18ClN3/c1-17-5-7-18(8-6-17)10-12-9-11-3-2-4-13(15)14(11)16-12/h2-4,9,16H,5-8,10H2,1H3. The third kappa shape index (κ3) is 2.39. The number of hydrogen-bond acceptors (Lipinski definition) is 2. The lowest BCUT2D eigenvalue weighted by molar-refractivity contribution is 0.147. The van der Waals surface area contributed by atoms with Crippen molar-refractivity contribution in [3.63, 3.8) is 0 Å². The number of piperazine rings is 1. The van der Waals surface area contributed by atoms with Crippen LogP contribution in [-0.2, 0) is 6.54 Å². The van der Waals surface area contributed by atoms with Crippen LogP contribution in [0.4, 0.5) is 0 Å². The number of para-hydroxylation sites is 1. The number of aromatic nitrogens is 1. The van der Waals surface area contributed by atoms with Crippen molar-refractivity contribution in [3.8, 4) is 0 Å². The van der Waals surface area contributed by atoms with Crippen molar-refractivity contribution >= 4 is 22.5 Å². The predicted molar refractivity (Wildman–Crippen MR) is 76.1 cm³/mol. The average Bonchev–Trinajstić information content (AvgIpc) is 2.76. The predicted octanol–water partition coefficient (Wildman–Crippen LogP) is 2.57. The van der Waals surface area contributed by atoms with Gasteiger partial charge in [0.2, 0.25) is 0 Å². The fourth-order valence-corrected chi connectivity index (χ4v) is 2.74. The summed E-state index contributed by atoms with van der Waals surface area (Å²) in [5.74, 6) is 0. The molecule has 0 spiro atoms. The maximum Gasteiger partial charge on any atom is 0.0647 e. The molecule has 0 unspecified atom stereocenters. The van der Waals surface area contributed by atoms with E-state index in [-0.39, 0.29) is 0 Å². The van der Waals surface area contributed by atoms with Gasteiger partial charge in [0.15, 0.2) is 0 Å². The van der Waals surface area contributed by atoms with Gasteiger partial charge in [-0.25, -0.2) is 0 Å². The number of halogens is 1. The van der Waals surface area contributed by atoms with Gasteiger partial charge in [-0.1, -0.05) is 23.7 Å². The molecule has 1 N–H and O–H groups in total. The molecule has 4 heteroatoms. The monoisotopic (exact) mass is 263 g/mol. The van der Waals surface area contributed by atoms with Gasteiger partial charge in [0.25, 0.3) is 0 Å². The molecular formula is C14H18ClN3. The lowest BCUT2D eigenvalue weighted by atomic mass is 10.2. The van der Waals surface area contributed by atoms with Crippen LogP contribution in [0.2, 0.25) is 5.02 Å². The number of hydrogen-bond donors (Lipinski definition) is 1. The summed E-state index contributed by atoms with van der Waals surface area (Å²) in [7, 11) is 2.18. The summed E-state index contributed by atoms with van der Waals surface area (Å²) < 4.78 is 0. The maximum absolute atomic E-state index is 6.18. The zero-order valence-corrected chi connectivity index (χ0v) is 11.4. The largest absolute Gasteiger partial charge is 0.356 e. The summed E-state index contributed by atoms with van der Waals surface area (Å²) >= 11 is 6.18. The molecule has 18 heavy (non-hydrogen) atoms. The van der Waals surface area contributed by atoms with Gasteiger partial charge in [0, 0.05) is 43.8 Å². The van der Waals surface area contributed by atoms with Crippen LogP contribution in [0.25, 0.3) is 10.9 Å². The number of nitrogens with one attached hydrogen (secondary N) is 1. The molecule has 2 heterocycles. The van der Waals surface area contributed by atoms with Gasteiger partial charge in [-0.05, 0) is 19.2 Å². The molecule has 0 atom stereocenters. The van der Waals surface area contributed by atoms with E-state index in [4.69, 9.17) is 11.6 Å². The normalized spacial score (nSPS) is 18.6. The molecule has 0 saturated carbocycles. The fraction of sp³-hybridized carbons (Fsp3) is 0.429. The average molecular weight is 264 g/mol. The van der Waals surface area contributed by atoms with E-state index in [0.717, 1.165) is 43.3 Å². The van der Waals surface area contributed by atoms with Crippen LogP contribution >= 0.6 is 11.6 Å². The molecule has 3 nitrogen and oxygen atoms in total. The molecule has 0 bridgehead atoms. The second kappa shape index (κ2) is 4.92. The Bertz CT molecular complexity index is 541. The summed E-state index contributed by atoms with van der Waals surface area (Å²) in [5.41, 5.74) is 2.31. The highest BCUT2D eigenvalue weighted by Gasteiger charge is 2.14. The van der Waals surface area contributed by atoms with E-state index >= 15 is 0 Å². The molecule has 0 amide bonds. The Morgan fingerprint density at radius 1 is 1.22 bits per heavy atom. The number of fused-ring (bicyclic) bond motifs is 1. The smallest absolute Gasteiger partial charge is 0.0647 e. The zero-order valence-electron chi connectivity index (χ0n) is 10.6. The van der Waals surface area contributed by atoms with E-state index in [1.807, 2.05) is 12.1 Å². The molecule has 1 aliphatic rings. The van der Waals surface area contributed by atoms with Crippen molar-refractivity contribution < 1.29 is 0 Å². The minimum absolute atomic E-state index is 0.803. The Kier molecular flexibility index (Phi) is 3.29. The van der Waals surface area contributed by atoms with Crippen LogP contribution in [0.1, 0.15) is 5.69 Å². The van der Waals surface area contributed by atoms with Crippen LogP contribution in [0.5, 0.6) is 0 Å². The van der Waals surface area contributed by atoms with Gasteiger partial charge in [0.05, 0.1) is 10.5 Å². The number of benzene rings is 1. The van der Waals surface area contributed by atoms with Crippen molar-refractivity contribution in [1.29, 1.82) is 0 Å². The first kappa shape index (κ1) is 12.0. The molecular weight excluding hydrogens is 246 g/mol. The number of nitrogens with zero attached hydrogens (tertiary/aromatic N) is 2. The third-order valence-electron chi connectivity index (χ3n) is 3.65. The quantitative estimate of drug-likeness (QED) is 0.900. The SMILES string of the molecule is CN1CCN(Cc2cc3cccc(Cl)c3[nH]2)CC1. The Hall–Kier alpha value is -1.03. The third-order valence-corrected chi connectivity index (χ3v) is 3.97. The van der Waals surface area contributed by atoms with Crippen LogP contribution in [0, 0.1) is 0 Å². The summed E-state index contributed by atoms with van der Waals surface area (Å²) in [6, 6.07) is 8.24. The highest BCUT2D eigenvalue weighted by atomic mass is 35.5. The number of H-pyrrole nitrogens is 1. The summed E-state index contributed by atoms with van der Waals surface area (Å²) in [6.45, 7) is 5.57. The molecule has 96 valence electrons. The van der Waals surface area contributed by atoms with Crippen molar-refractivity contribution in [2.75, 3.05) is 33.2 Å². The van der Waals surface area contributed by atoms with E-state index in [2.05, 4.69) is 34.0 Å². The van der Waals surface area contributed by atoms with Crippen LogP contribution in [-0.4, -0.2) is 48.0 Å². The van der Waals surface area contributed by atoms with Gasteiger partial charge in [-0.2, -0.15) is 0 Å². The highest BCUT2D eigenvalue weighted by Crippen LogP contribution is 2.24. The van der Waals surface area contributed by atoms with E-state index < -0.39 is 0 Å². The fourth-order valence-electron chi connectivity index (χ4n) is 2.51. The Morgan fingerprint density at radius 3 is 2.72 bits per heavy atom. The van der Waals surface area contributed by atoms with Crippen molar-refractivity contribution in [2.45, 2.75) is 6.54 Å². The van der Waals surface area contributed by atoms with E-state index in [1.54, 1.807) is 0 Å². The van der Waals surface area contributed by atoms with E-state index in [1.165, 1.54) is 11.1 Å². The molecule has 2 aromatic rings. The first-order valence-electron chi connectivity index (χ1n) is 6.39. The Morgan fingerprint density at radius 2 is 2.00 bits per heavy atom. The van der Waals surface area contributed by atoms with Gasteiger partial charge in [-0.15, -0.1) is 0 Å². The number of likely N-dealkylation sites (N-methyl/N-ethyl adjacent to an activating group) is 1. The molecule has 3 rings (SSSR count). The molecule has 1 aromatic heterocycles. The molecule has 1 saturated heterocycles. The minimum Gasteiger partial charge on any atom is -0.356 e. The molecule has 0 radical (unpaired) electrons. The zero-order chi connectivity index (χ0) is 12.5. The van der Waals surface area contributed by atoms with Gasteiger partial charge >= 0.3 is 0 Å². The summed E-state index contributed by atoms with van der Waals surface area (Å²) in [6.07, 6.45) is 0. The van der Waals surface area contributed by atoms with Gasteiger partial charge < -0.3 is 9.88 Å². The first-order valence-corrected chi connectivity index (χ1v) is 6.77. The highest BCUT2D eigenvalue weighted by molar-refractivity contribution is 6.35. The summed E-state index contributed by atoms with van der Waals surface area (Å²) in [4.78, 5) is 8.29. The molecule has 1 aromatic carbocycles. The maximum atomic E-state index is 6.18. The second-order valence-corrected chi connectivity index (χ2v) is 5.49. The van der Waals surface area contributed by atoms with E-state index in [0.29, 0.717) is 0 Å². The van der Waals surface area contributed by atoms with Gasteiger partial charge in [0.1, 0.15) is 0 Å². The van der Waals surface area contributed by atoms with Crippen molar-refractivity contribution in [2.24, 2.45) is 0 Å². The number of rotatable bonds is 2.